The number of nitrogens with zero attached hydrogens (tertiary/aromatic N) is 3. The van der Waals surface area contributed by atoms with Crippen molar-refractivity contribution < 1.29 is 9.59 Å². The number of aryl methyl sites for hydroxylation is 1. The number of carbonyl (C=O) groups excluding carboxylic acids is 2. The second-order valence-electron chi connectivity index (χ2n) is 7.63. The van der Waals surface area contributed by atoms with Crippen molar-refractivity contribution in [2.45, 2.75) is 51.9 Å². The minimum atomic E-state index is -0.346. The van der Waals surface area contributed by atoms with E-state index in [-0.39, 0.29) is 17.2 Å². The van der Waals surface area contributed by atoms with Gasteiger partial charge in [-0.2, -0.15) is 5.10 Å². The monoisotopic (exact) mass is 330 g/mol. The van der Waals surface area contributed by atoms with Crippen LogP contribution in [0.15, 0.2) is 0 Å². The third-order valence-electron chi connectivity index (χ3n) is 6.00. The summed E-state index contributed by atoms with van der Waals surface area (Å²) < 4.78 is 0. The maximum absolute atomic E-state index is 13.1. The fourth-order valence-electron chi connectivity index (χ4n) is 4.41. The van der Waals surface area contributed by atoms with Gasteiger partial charge in [-0.3, -0.25) is 14.7 Å². The van der Waals surface area contributed by atoms with Crippen molar-refractivity contribution in [3.8, 4) is 0 Å². The summed E-state index contributed by atoms with van der Waals surface area (Å²) in [7, 11) is 0. The summed E-state index contributed by atoms with van der Waals surface area (Å²) in [6.07, 6.45) is 4.99. The van der Waals surface area contributed by atoms with Crippen molar-refractivity contribution in [1.82, 2.24) is 20.0 Å². The molecule has 0 radical (unpaired) electrons. The zero-order chi connectivity index (χ0) is 16.9. The van der Waals surface area contributed by atoms with Gasteiger partial charge in [-0.15, -0.1) is 0 Å². The van der Waals surface area contributed by atoms with Crippen molar-refractivity contribution in [2.24, 2.45) is 5.41 Å². The van der Waals surface area contributed by atoms with Gasteiger partial charge in [0.05, 0.1) is 16.7 Å². The van der Waals surface area contributed by atoms with Crippen LogP contribution < -0.4 is 0 Å². The smallest absolute Gasteiger partial charge is 0.257 e. The molecular weight excluding hydrogens is 304 g/mol. The number of aromatic nitrogens is 2. The van der Waals surface area contributed by atoms with Crippen molar-refractivity contribution in [1.29, 1.82) is 0 Å². The number of hydrogen-bond donors (Lipinski definition) is 1. The van der Waals surface area contributed by atoms with Crippen LogP contribution in [-0.2, 0) is 4.79 Å². The first-order chi connectivity index (χ1) is 11.6. The largest absolute Gasteiger partial charge is 0.342 e. The summed E-state index contributed by atoms with van der Waals surface area (Å²) in [6.45, 7) is 6.82. The maximum atomic E-state index is 13.1. The van der Waals surface area contributed by atoms with Gasteiger partial charge >= 0.3 is 0 Å². The summed E-state index contributed by atoms with van der Waals surface area (Å²) >= 11 is 0. The Kier molecular flexibility index (Phi) is 3.66. The van der Waals surface area contributed by atoms with Crippen molar-refractivity contribution in [3.63, 3.8) is 0 Å². The molecule has 0 bridgehead atoms. The molecule has 3 fully saturated rings. The predicted octanol–water partition coefficient (Wildman–Crippen LogP) is 2.07. The van der Waals surface area contributed by atoms with Crippen LogP contribution in [0.1, 0.15) is 66.7 Å². The molecule has 1 unspecified atom stereocenters. The Morgan fingerprint density at radius 3 is 2.83 bits per heavy atom. The van der Waals surface area contributed by atoms with E-state index in [0.717, 1.165) is 62.1 Å². The Morgan fingerprint density at radius 2 is 2.12 bits per heavy atom. The molecule has 0 aromatic carbocycles. The van der Waals surface area contributed by atoms with Gasteiger partial charge in [0.25, 0.3) is 5.91 Å². The van der Waals surface area contributed by atoms with Crippen LogP contribution in [0.2, 0.25) is 0 Å². The molecule has 1 spiro atoms. The summed E-state index contributed by atoms with van der Waals surface area (Å²) in [5.41, 5.74) is 2.20. The average molecular weight is 330 g/mol. The number of hydrogen-bond acceptors (Lipinski definition) is 3. The van der Waals surface area contributed by atoms with Gasteiger partial charge in [-0.05, 0) is 46.0 Å². The zero-order valence-electron chi connectivity index (χ0n) is 14.6. The van der Waals surface area contributed by atoms with Crippen LogP contribution in [0.4, 0.5) is 0 Å². The molecule has 2 saturated heterocycles. The lowest BCUT2D eigenvalue weighted by atomic mass is 9.78. The number of amides is 2. The normalized spacial score (nSPS) is 27.3. The van der Waals surface area contributed by atoms with E-state index < -0.39 is 0 Å². The second-order valence-corrected chi connectivity index (χ2v) is 7.63. The zero-order valence-corrected chi connectivity index (χ0v) is 14.6. The van der Waals surface area contributed by atoms with Gasteiger partial charge in [0.2, 0.25) is 5.91 Å². The van der Waals surface area contributed by atoms with Crippen LogP contribution in [0, 0.1) is 12.3 Å². The summed E-state index contributed by atoms with van der Waals surface area (Å²) in [4.78, 5) is 29.8. The predicted molar refractivity (Wildman–Crippen MR) is 89.7 cm³/mol. The number of carbonyl (C=O) groups is 2. The van der Waals surface area contributed by atoms with Crippen LogP contribution in [0.25, 0.3) is 0 Å². The molecule has 4 rings (SSSR count). The molecule has 3 aliphatic rings. The lowest BCUT2D eigenvalue weighted by Gasteiger charge is -2.38. The number of nitrogens with one attached hydrogen (secondary N) is 1. The minimum Gasteiger partial charge on any atom is -0.342 e. The molecule has 6 heteroatoms. The van der Waals surface area contributed by atoms with Crippen LogP contribution in [0.3, 0.4) is 0 Å². The average Bonchev–Trinajstić information content (AvgIpc) is 3.22. The standard InChI is InChI=1S/C18H26N4O2/c1-3-21-9-4-7-18(17(21)24)8-10-22(11-18)16(23)14-12(2)19-20-15(14)13-5-6-13/h13H,3-11H2,1-2H3,(H,19,20). The van der Waals surface area contributed by atoms with E-state index in [1.807, 2.05) is 23.6 Å². The molecule has 3 heterocycles. The van der Waals surface area contributed by atoms with Crippen LogP contribution >= 0.6 is 0 Å². The molecule has 6 nitrogen and oxygen atoms in total. The molecule has 1 aromatic heterocycles. The van der Waals surface area contributed by atoms with Gasteiger partial charge in [0.1, 0.15) is 0 Å². The quantitative estimate of drug-likeness (QED) is 0.922. The highest BCUT2D eigenvalue weighted by atomic mass is 16.2. The lowest BCUT2D eigenvalue weighted by Crippen LogP contribution is -2.50. The van der Waals surface area contributed by atoms with Crippen LogP contribution in [0.5, 0.6) is 0 Å². The number of H-pyrrole nitrogens is 1. The highest BCUT2D eigenvalue weighted by molar-refractivity contribution is 5.97. The maximum Gasteiger partial charge on any atom is 0.257 e. The Hall–Kier alpha value is -1.85. The summed E-state index contributed by atoms with van der Waals surface area (Å²) in [5, 5.41) is 7.35. The van der Waals surface area contributed by atoms with E-state index in [1.165, 1.54) is 0 Å². The Labute approximate surface area is 142 Å². The molecule has 1 saturated carbocycles. The van der Waals surface area contributed by atoms with E-state index in [2.05, 4.69) is 10.2 Å². The van der Waals surface area contributed by atoms with E-state index in [0.29, 0.717) is 19.0 Å². The lowest BCUT2D eigenvalue weighted by molar-refractivity contribution is -0.145. The van der Waals surface area contributed by atoms with Crippen molar-refractivity contribution in [3.05, 3.63) is 17.0 Å². The Bertz CT molecular complexity index is 679. The summed E-state index contributed by atoms with van der Waals surface area (Å²) in [6, 6.07) is 0. The number of likely N-dealkylation sites (tertiary alicyclic amines) is 2. The molecule has 1 aliphatic carbocycles. The number of piperidine rings is 1. The van der Waals surface area contributed by atoms with E-state index in [9.17, 15) is 9.59 Å². The fraction of sp³-hybridized carbons (Fsp3) is 0.722. The van der Waals surface area contributed by atoms with Crippen molar-refractivity contribution in [2.75, 3.05) is 26.2 Å². The number of aromatic amines is 1. The molecule has 1 atom stereocenters. The van der Waals surface area contributed by atoms with Gasteiger partial charge < -0.3 is 9.80 Å². The Balaban J connectivity index is 1.56. The minimum absolute atomic E-state index is 0.0569. The third kappa shape index (κ3) is 2.34. The molecule has 2 aliphatic heterocycles. The van der Waals surface area contributed by atoms with Gasteiger partial charge in [-0.25, -0.2) is 0 Å². The molecule has 1 aromatic rings. The first-order valence-corrected chi connectivity index (χ1v) is 9.19. The highest BCUT2D eigenvalue weighted by Crippen LogP contribution is 2.43. The molecule has 130 valence electrons. The van der Waals surface area contributed by atoms with Gasteiger partial charge in [0.15, 0.2) is 0 Å². The van der Waals surface area contributed by atoms with Crippen molar-refractivity contribution >= 4 is 11.8 Å². The van der Waals surface area contributed by atoms with E-state index >= 15 is 0 Å². The first-order valence-electron chi connectivity index (χ1n) is 9.19. The van der Waals surface area contributed by atoms with Gasteiger partial charge in [0, 0.05) is 37.8 Å². The van der Waals surface area contributed by atoms with Gasteiger partial charge in [-0.1, -0.05) is 0 Å². The topological polar surface area (TPSA) is 69.3 Å². The molecule has 2 amide bonds. The molecule has 1 N–H and O–H groups in total. The first kappa shape index (κ1) is 15.7. The fourth-order valence-corrected chi connectivity index (χ4v) is 4.41. The van der Waals surface area contributed by atoms with E-state index in [4.69, 9.17) is 0 Å². The summed E-state index contributed by atoms with van der Waals surface area (Å²) in [5.74, 6) is 0.747. The molecule has 24 heavy (non-hydrogen) atoms. The molecular formula is C18H26N4O2. The number of rotatable bonds is 3. The van der Waals surface area contributed by atoms with Crippen LogP contribution in [-0.4, -0.2) is 58.0 Å². The Morgan fingerprint density at radius 1 is 1.33 bits per heavy atom. The SMILES string of the molecule is CCN1CCCC2(CCN(C(=O)c3c(C4CC4)n[nH]c3C)C2)C1=O. The third-order valence-corrected chi connectivity index (χ3v) is 6.00. The highest BCUT2D eigenvalue weighted by Gasteiger charge is 2.49. The van der Waals surface area contributed by atoms with E-state index in [1.54, 1.807) is 0 Å². The second kappa shape index (κ2) is 5.60.